The Morgan fingerprint density at radius 1 is 1.08 bits per heavy atom. The molecule has 1 fully saturated rings. The van der Waals surface area contributed by atoms with E-state index in [1.807, 2.05) is 24.4 Å². The number of ether oxygens (including phenoxy) is 1. The van der Waals surface area contributed by atoms with Gasteiger partial charge >= 0.3 is 0 Å². The summed E-state index contributed by atoms with van der Waals surface area (Å²) in [6, 6.07) is 14.8. The van der Waals surface area contributed by atoms with Gasteiger partial charge in [-0.15, -0.1) is 0 Å². The van der Waals surface area contributed by atoms with E-state index in [2.05, 4.69) is 62.1 Å². The molecule has 4 nitrogen and oxygen atoms in total. The number of hydrazone groups is 1. The fourth-order valence-corrected chi connectivity index (χ4v) is 3.29. The highest BCUT2D eigenvalue weighted by molar-refractivity contribution is 9.10. The van der Waals surface area contributed by atoms with Crippen LogP contribution in [0.1, 0.15) is 16.7 Å². The van der Waals surface area contributed by atoms with Gasteiger partial charge in [-0.3, -0.25) is 9.91 Å². The second kappa shape index (κ2) is 8.50. The Bertz CT molecular complexity index is 722. The maximum atomic E-state index is 5.39. The number of rotatable bonds is 5. The Labute approximate surface area is 158 Å². The topological polar surface area (TPSA) is 28.1 Å². The molecular formula is C20H24BrN3O. The lowest BCUT2D eigenvalue weighted by Gasteiger charge is -2.33. The third-order valence-corrected chi connectivity index (χ3v) is 4.92. The fourth-order valence-electron chi connectivity index (χ4n) is 2.91. The largest absolute Gasteiger partial charge is 0.496 e. The zero-order valence-electron chi connectivity index (χ0n) is 14.8. The van der Waals surface area contributed by atoms with E-state index in [9.17, 15) is 0 Å². The summed E-state index contributed by atoms with van der Waals surface area (Å²) >= 11 is 3.50. The Morgan fingerprint density at radius 2 is 1.80 bits per heavy atom. The maximum Gasteiger partial charge on any atom is 0.127 e. The second-order valence-electron chi connectivity index (χ2n) is 6.35. The van der Waals surface area contributed by atoms with Crippen molar-refractivity contribution in [1.82, 2.24) is 9.91 Å². The van der Waals surface area contributed by atoms with Gasteiger partial charge in [0.1, 0.15) is 5.75 Å². The molecule has 0 atom stereocenters. The van der Waals surface area contributed by atoms with Crippen LogP contribution in [0.4, 0.5) is 0 Å². The zero-order chi connectivity index (χ0) is 17.6. The zero-order valence-corrected chi connectivity index (χ0v) is 16.4. The highest BCUT2D eigenvalue weighted by Gasteiger charge is 2.15. The minimum Gasteiger partial charge on any atom is -0.496 e. The number of piperazine rings is 1. The van der Waals surface area contributed by atoms with Crippen molar-refractivity contribution in [3.8, 4) is 5.75 Å². The van der Waals surface area contributed by atoms with Gasteiger partial charge in [-0.2, -0.15) is 5.10 Å². The first kappa shape index (κ1) is 18.0. The molecule has 0 aliphatic carbocycles. The molecule has 0 saturated carbocycles. The number of methoxy groups -OCH3 is 1. The number of hydrogen-bond acceptors (Lipinski definition) is 4. The molecule has 2 aromatic carbocycles. The third kappa shape index (κ3) is 5.06. The van der Waals surface area contributed by atoms with Gasteiger partial charge in [-0.05, 0) is 30.7 Å². The Balaban J connectivity index is 1.54. The molecule has 1 heterocycles. The van der Waals surface area contributed by atoms with E-state index in [-0.39, 0.29) is 0 Å². The van der Waals surface area contributed by atoms with Crippen LogP contribution in [0.15, 0.2) is 52.0 Å². The van der Waals surface area contributed by atoms with Gasteiger partial charge < -0.3 is 4.74 Å². The summed E-state index contributed by atoms with van der Waals surface area (Å²) in [5.74, 6) is 0.838. The minimum absolute atomic E-state index is 0.838. The van der Waals surface area contributed by atoms with Crippen LogP contribution in [0.5, 0.6) is 5.75 Å². The second-order valence-corrected chi connectivity index (χ2v) is 7.26. The van der Waals surface area contributed by atoms with Crippen molar-refractivity contribution >= 4 is 22.1 Å². The quantitative estimate of drug-likeness (QED) is 0.710. The summed E-state index contributed by atoms with van der Waals surface area (Å²) in [6.45, 7) is 7.08. The molecule has 1 aliphatic rings. The highest BCUT2D eigenvalue weighted by atomic mass is 79.9. The van der Waals surface area contributed by atoms with E-state index < -0.39 is 0 Å². The molecule has 132 valence electrons. The first-order valence-electron chi connectivity index (χ1n) is 8.54. The average Bonchev–Trinajstić information content (AvgIpc) is 2.63. The van der Waals surface area contributed by atoms with Crippen LogP contribution in [-0.2, 0) is 6.54 Å². The number of aryl methyl sites for hydroxylation is 1. The molecule has 1 saturated heterocycles. The van der Waals surface area contributed by atoms with Crippen LogP contribution in [0.2, 0.25) is 0 Å². The molecule has 0 unspecified atom stereocenters. The van der Waals surface area contributed by atoms with E-state index in [1.165, 1.54) is 11.1 Å². The lowest BCUT2D eigenvalue weighted by Crippen LogP contribution is -2.43. The first-order chi connectivity index (χ1) is 12.1. The van der Waals surface area contributed by atoms with Gasteiger partial charge in [0.2, 0.25) is 0 Å². The summed E-state index contributed by atoms with van der Waals surface area (Å²) in [4.78, 5) is 2.48. The Hall–Kier alpha value is -1.85. The summed E-state index contributed by atoms with van der Waals surface area (Å²) in [5.41, 5.74) is 3.67. The predicted octanol–water partition coefficient (Wildman–Crippen LogP) is 3.92. The normalized spacial score (nSPS) is 15.7. The molecule has 3 rings (SSSR count). The molecule has 0 amide bonds. The van der Waals surface area contributed by atoms with Crippen molar-refractivity contribution in [2.45, 2.75) is 13.5 Å². The molecule has 25 heavy (non-hydrogen) atoms. The van der Waals surface area contributed by atoms with Gasteiger partial charge in [0, 0.05) is 42.8 Å². The van der Waals surface area contributed by atoms with Gasteiger partial charge in [0.15, 0.2) is 0 Å². The molecule has 2 aromatic rings. The van der Waals surface area contributed by atoms with Gasteiger partial charge in [0.05, 0.1) is 13.3 Å². The molecule has 5 heteroatoms. The fraction of sp³-hybridized carbons (Fsp3) is 0.350. The molecular weight excluding hydrogens is 378 g/mol. The Kier molecular flexibility index (Phi) is 6.10. The van der Waals surface area contributed by atoms with Crippen LogP contribution in [0, 0.1) is 6.92 Å². The van der Waals surface area contributed by atoms with Crippen molar-refractivity contribution in [3.63, 3.8) is 0 Å². The van der Waals surface area contributed by atoms with E-state index in [4.69, 9.17) is 4.74 Å². The van der Waals surface area contributed by atoms with Gasteiger partial charge in [0.25, 0.3) is 0 Å². The monoisotopic (exact) mass is 401 g/mol. The summed E-state index contributed by atoms with van der Waals surface area (Å²) in [5, 5.41) is 6.77. The predicted molar refractivity (Wildman–Crippen MR) is 106 cm³/mol. The number of halogens is 1. The number of hydrogen-bond donors (Lipinski definition) is 0. The lowest BCUT2D eigenvalue weighted by molar-refractivity contribution is 0.131. The SMILES string of the molecule is COc1ccc(Br)cc1C=NN1CCN(Cc2ccc(C)cc2)CC1. The molecule has 0 bridgehead atoms. The molecule has 0 N–H and O–H groups in total. The van der Waals surface area contributed by atoms with Crippen molar-refractivity contribution in [1.29, 1.82) is 0 Å². The van der Waals surface area contributed by atoms with Crippen molar-refractivity contribution in [3.05, 3.63) is 63.6 Å². The van der Waals surface area contributed by atoms with Crippen LogP contribution in [-0.4, -0.2) is 49.4 Å². The van der Waals surface area contributed by atoms with E-state index in [1.54, 1.807) is 7.11 Å². The highest BCUT2D eigenvalue weighted by Crippen LogP contribution is 2.21. The maximum absolute atomic E-state index is 5.39. The summed E-state index contributed by atoms with van der Waals surface area (Å²) in [6.07, 6.45) is 1.89. The van der Waals surface area contributed by atoms with Gasteiger partial charge in [-0.25, -0.2) is 0 Å². The first-order valence-corrected chi connectivity index (χ1v) is 9.34. The minimum atomic E-state index is 0.838. The van der Waals surface area contributed by atoms with Crippen molar-refractivity contribution in [2.24, 2.45) is 5.10 Å². The molecule has 1 aliphatic heterocycles. The smallest absolute Gasteiger partial charge is 0.127 e. The lowest BCUT2D eigenvalue weighted by atomic mass is 10.1. The molecule has 0 radical (unpaired) electrons. The van der Waals surface area contributed by atoms with Crippen LogP contribution >= 0.6 is 15.9 Å². The Morgan fingerprint density at radius 3 is 2.48 bits per heavy atom. The van der Waals surface area contributed by atoms with E-state index in [0.717, 1.165) is 48.5 Å². The summed E-state index contributed by atoms with van der Waals surface area (Å²) in [7, 11) is 1.68. The standard InChI is InChI=1S/C20H24BrN3O/c1-16-3-5-17(6-4-16)15-23-9-11-24(12-10-23)22-14-18-13-19(21)7-8-20(18)25-2/h3-8,13-14H,9-12,15H2,1-2H3. The summed E-state index contributed by atoms with van der Waals surface area (Å²) < 4.78 is 6.42. The van der Waals surface area contributed by atoms with Gasteiger partial charge in [-0.1, -0.05) is 45.8 Å². The number of nitrogens with zero attached hydrogens (tertiary/aromatic N) is 3. The molecule has 0 spiro atoms. The average molecular weight is 402 g/mol. The van der Waals surface area contributed by atoms with Crippen molar-refractivity contribution < 1.29 is 4.74 Å². The third-order valence-electron chi connectivity index (χ3n) is 4.43. The van der Waals surface area contributed by atoms with Crippen LogP contribution in [0.25, 0.3) is 0 Å². The van der Waals surface area contributed by atoms with E-state index >= 15 is 0 Å². The van der Waals surface area contributed by atoms with E-state index in [0.29, 0.717) is 0 Å². The number of benzene rings is 2. The molecule has 0 aromatic heterocycles. The van der Waals surface area contributed by atoms with Crippen LogP contribution < -0.4 is 4.74 Å². The van der Waals surface area contributed by atoms with Crippen molar-refractivity contribution in [2.75, 3.05) is 33.3 Å². The van der Waals surface area contributed by atoms with Crippen LogP contribution in [0.3, 0.4) is 0 Å².